The van der Waals surface area contributed by atoms with Gasteiger partial charge in [0.1, 0.15) is 18.7 Å². The molecule has 0 saturated heterocycles. The van der Waals surface area contributed by atoms with Gasteiger partial charge in [0.2, 0.25) is 12.3 Å². The van der Waals surface area contributed by atoms with E-state index >= 15 is 0 Å². The van der Waals surface area contributed by atoms with Gasteiger partial charge in [-0.1, -0.05) is 48.5 Å². The average Bonchev–Trinajstić information content (AvgIpc) is 3.10. The number of aliphatic carboxylic acids is 1. The number of alkyl carbamates (subject to hydrolysis) is 1. The van der Waals surface area contributed by atoms with Gasteiger partial charge in [-0.2, -0.15) is 0 Å². The fraction of sp³-hybridized carbons (Fsp3) is 0.348. The Kier molecular flexibility index (Phi) is 7.94. The first-order valence-corrected chi connectivity index (χ1v) is 10.2. The average molecular weight is 462 g/mol. The topological polar surface area (TPSA) is 114 Å². The lowest BCUT2D eigenvalue weighted by Crippen LogP contribution is -2.53. The third-order valence-corrected chi connectivity index (χ3v) is 5.31. The predicted molar refractivity (Wildman–Crippen MR) is 114 cm³/mol. The largest absolute Gasteiger partial charge is 0.480 e. The van der Waals surface area contributed by atoms with Crippen LogP contribution >= 0.6 is 0 Å². The molecule has 2 aromatic rings. The van der Waals surface area contributed by atoms with Crippen molar-refractivity contribution >= 4 is 18.0 Å². The number of hydrogen-bond donors (Lipinski definition) is 3. The Balaban J connectivity index is 1.64. The molecule has 2 unspecified atom stereocenters. The van der Waals surface area contributed by atoms with Crippen molar-refractivity contribution in [1.82, 2.24) is 10.6 Å². The molecule has 2 aromatic carbocycles. The Bertz CT molecular complexity index is 970. The second-order valence-corrected chi connectivity index (χ2v) is 7.50. The van der Waals surface area contributed by atoms with Gasteiger partial charge >= 0.3 is 12.1 Å². The van der Waals surface area contributed by atoms with E-state index in [1.807, 2.05) is 53.8 Å². The SMILES string of the molecule is COCC(NC(=O)OCC1c2ccccc2-c2ccccc21)C(=O)NC(CC(F)F)C(=O)O. The van der Waals surface area contributed by atoms with Gasteiger partial charge in [0.25, 0.3) is 0 Å². The van der Waals surface area contributed by atoms with Gasteiger partial charge in [0.05, 0.1) is 6.61 Å². The maximum atomic E-state index is 12.6. The zero-order valence-corrected chi connectivity index (χ0v) is 17.8. The van der Waals surface area contributed by atoms with E-state index in [1.54, 1.807) is 0 Å². The Labute approximate surface area is 188 Å². The molecule has 0 spiro atoms. The van der Waals surface area contributed by atoms with E-state index in [1.165, 1.54) is 7.11 Å². The van der Waals surface area contributed by atoms with Crippen LogP contribution in [0, 0.1) is 0 Å². The first kappa shape index (κ1) is 24.1. The van der Waals surface area contributed by atoms with Crippen molar-refractivity contribution in [3.8, 4) is 11.1 Å². The fourth-order valence-corrected chi connectivity index (χ4v) is 3.80. The van der Waals surface area contributed by atoms with Crippen LogP contribution in [0.25, 0.3) is 11.1 Å². The number of carbonyl (C=O) groups excluding carboxylic acids is 2. The number of benzene rings is 2. The molecule has 0 aromatic heterocycles. The molecular formula is C23H24F2N2O6. The van der Waals surface area contributed by atoms with Gasteiger partial charge in [-0.3, -0.25) is 4.79 Å². The standard InChI is InChI=1S/C23H24F2N2O6/c1-32-12-19(21(28)26-18(22(29)30)10-20(24)25)27-23(31)33-11-17-15-8-4-2-6-13(15)14-7-3-5-9-16(14)17/h2-9,17-20H,10-12H2,1H3,(H,26,28)(H,27,31)(H,29,30). The number of hydrogen-bond acceptors (Lipinski definition) is 5. The van der Waals surface area contributed by atoms with Crippen LogP contribution in [0.5, 0.6) is 0 Å². The molecule has 33 heavy (non-hydrogen) atoms. The quantitative estimate of drug-likeness (QED) is 0.500. The number of carboxylic acid groups (broad SMARTS) is 1. The van der Waals surface area contributed by atoms with Crippen molar-refractivity contribution in [2.45, 2.75) is 30.8 Å². The highest BCUT2D eigenvalue weighted by Crippen LogP contribution is 2.44. The number of carbonyl (C=O) groups is 3. The summed E-state index contributed by atoms with van der Waals surface area (Å²) in [4.78, 5) is 35.9. The van der Waals surface area contributed by atoms with Crippen molar-refractivity contribution in [3.63, 3.8) is 0 Å². The molecule has 8 nitrogen and oxygen atoms in total. The molecule has 0 fully saturated rings. The van der Waals surface area contributed by atoms with Gasteiger partial charge in [-0.25, -0.2) is 18.4 Å². The van der Waals surface area contributed by atoms with Crippen molar-refractivity contribution in [2.24, 2.45) is 0 Å². The first-order valence-electron chi connectivity index (χ1n) is 10.2. The van der Waals surface area contributed by atoms with Crippen LogP contribution in [-0.4, -0.2) is 61.9 Å². The highest BCUT2D eigenvalue weighted by Gasteiger charge is 2.31. The van der Waals surface area contributed by atoms with Crippen LogP contribution in [0.3, 0.4) is 0 Å². The van der Waals surface area contributed by atoms with Gasteiger partial charge in [0, 0.05) is 19.4 Å². The zero-order valence-electron chi connectivity index (χ0n) is 17.8. The molecule has 1 aliphatic carbocycles. The maximum absolute atomic E-state index is 12.6. The molecule has 3 N–H and O–H groups in total. The van der Waals surface area contributed by atoms with E-state index in [4.69, 9.17) is 14.6 Å². The molecule has 10 heteroatoms. The Morgan fingerprint density at radius 2 is 1.55 bits per heavy atom. The fourth-order valence-electron chi connectivity index (χ4n) is 3.80. The molecule has 2 amide bonds. The van der Waals surface area contributed by atoms with Crippen LogP contribution in [-0.2, 0) is 19.1 Å². The van der Waals surface area contributed by atoms with E-state index in [0.717, 1.165) is 22.3 Å². The minimum Gasteiger partial charge on any atom is -0.480 e. The van der Waals surface area contributed by atoms with E-state index in [2.05, 4.69) is 5.32 Å². The number of halogens is 2. The van der Waals surface area contributed by atoms with E-state index in [9.17, 15) is 23.2 Å². The molecule has 2 atom stereocenters. The van der Waals surface area contributed by atoms with Crippen LogP contribution in [0.1, 0.15) is 23.5 Å². The number of amides is 2. The van der Waals surface area contributed by atoms with Gasteiger partial charge in [-0.15, -0.1) is 0 Å². The number of rotatable bonds is 10. The summed E-state index contributed by atoms with van der Waals surface area (Å²) in [5.74, 6) is -2.78. The molecule has 1 aliphatic rings. The minimum absolute atomic E-state index is 0.00428. The molecule has 0 bridgehead atoms. The van der Waals surface area contributed by atoms with Gasteiger partial charge in [-0.05, 0) is 22.3 Å². The minimum atomic E-state index is -2.93. The molecule has 176 valence electrons. The number of methoxy groups -OCH3 is 1. The molecule has 0 saturated carbocycles. The van der Waals surface area contributed by atoms with Gasteiger partial charge in [0.15, 0.2) is 0 Å². The van der Waals surface area contributed by atoms with Crippen molar-refractivity contribution in [1.29, 1.82) is 0 Å². The summed E-state index contributed by atoms with van der Waals surface area (Å²) in [5.41, 5.74) is 4.12. The zero-order chi connectivity index (χ0) is 24.0. The second-order valence-electron chi connectivity index (χ2n) is 7.50. The highest BCUT2D eigenvalue weighted by molar-refractivity contribution is 5.89. The Morgan fingerprint density at radius 1 is 0.970 bits per heavy atom. The Hall–Kier alpha value is -3.53. The third-order valence-electron chi connectivity index (χ3n) is 5.31. The number of alkyl halides is 2. The molecule has 3 rings (SSSR count). The molecular weight excluding hydrogens is 438 g/mol. The van der Waals surface area contributed by atoms with E-state index < -0.39 is 42.9 Å². The monoisotopic (exact) mass is 462 g/mol. The van der Waals surface area contributed by atoms with Crippen LogP contribution in [0.15, 0.2) is 48.5 Å². The summed E-state index contributed by atoms with van der Waals surface area (Å²) < 4.78 is 35.4. The van der Waals surface area contributed by atoms with Crippen LogP contribution in [0.2, 0.25) is 0 Å². The van der Waals surface area contributed by atoms with Crippen molar-refractivity contribution in [3.05, 3.63) is 59.7 Å². The number of fused-ring (bicyclic) bond motifs is 3. The third kappa shape index (κ3) is 5.83. The van der Waals surface area contributed by atoms with E-state index in [0.29, 0.717) is 0 Å². The van der Waals surface area contributed by atoms with E-state index in [-0.39, 0.29) is 19.1 Å². The summed E-state index contributed by atoms with van der Waals surface area (Å²) in [5, 5.41) is 13.3. The first-order chi connectivity index (χ1) is 15.8. The van der Waals surface area contributed by atoms with Crippen molar-refractivity contribution < 1.29 is 37.7 Å². The highest BCUT2D eigenvalue weighted by atomic mass is 19.3. The summed E-state index contributed by atoms with van der Waals surface area (Å²) in [6.45, 7) is -0.304. The van der Waals surface area contributed by atoms with Gasteiger partial charge < -0.3 is 25.2 Å². The van der Waals surface area contributed by atoms with Crippen LogP contribution < -0.4 is 10.6 Å². The number of ether oxygens (including phenoxy) is 2. The summed E-state index contributed by atoms with van der Waals surface area (Å²) in [7, 11) is 1.27. The summed E-state index contributed by atoms with van der Waals surface area (Å²) in [6, 6.07) is 12.4. The Morgan fingerprint density at radius 3 is 2.06 bits per heavy atom. The molecule has 0 heterocycles. The maximum Gasteiger partial charge on any atom is 0.407 e. The number of nitrogens with one attached hydrogen (secondary N) is 2. The summed E-state index contributed by atoms with van der Waals surface area (Å²) >= 11 is 0. The number of carboxylic acids is 1. The molecule has 0 aliphatic heterocycles. The van der Waals surface area contributed by atoms with Crippen LogP contribution in [0.4, 0.5) is 13.6 Å². The smallest absolute Gasteiger partial charge is 0.407 e. The second kappa shape index (κ2) is 10.9. The molecule has 0 radical (unpaired) electrons. The lowest BCUT2D eigenvalue weighted by molar-refractivity contribution is -0.143. The van der Waals surface area contributed by atoms with Crippen molar-refractivity contribution in [2.75, 3.05) is 20.3 Å². The summed E-state index contributed by atoms with van der Waals surface area (Å²) in [6.07, 6.45) is -4.91. The lowest BCUT2D eigenvalue weighted by Gasteiger charge is -2.21. The predicted octanol–water partition coefficient (Wildman–Crippen LogP) is 2.76. The normalized spacial score (nSPS) is 14.2. The lowest BCUT2D eigenvalue weighted by atomic mass is 9.98.